The van der Waals surface area contributed by atoms with Crippen LogP contribution in [0.2, 0.25) is 0 Å². The number of benzene rings is 1. The van der Waals surface area contributed by atoms with Crippen LogP contribution in [-0.4, -0.2) is 30.1 Å². The van der Waals surface area contributed by atoms with E-state index >= 15 is 0 Å². The predicted molar refractivity (Wildman–Crippen MR) is 82.1 cm³/mol. The van der Waals surface area contributed by atoms with Gasteiger partial charge in [-0.25, -0.2) is 0 Å². The van der Waals surface area contributed by atoms with E-state index in [0.29, 0.717) is 0 Å². The normalized spacial score (nSPS) is 24.5. The van der Waals surface area contributed by atoms with Crippen LogP contribution in [0.5, 0.6) is 0 Å². The molecule has 0 spiro atoms. The largest absolute Gasteiger partial charge is 0.367 e. The molecule has 1 heterocycles. The smallest absolute Gasteiger partial charge is 0.126 e. The van der Waals surface area contributed by atoms with Gasteiger partial charge in [0.15, 0.2) is 0 Å². The lowest BCUT2D eigenvalue weighted by Crippen LogP contribution is -2.37. The van der Waals surface area contributed by atoms with Gasteiger partial charge in [-0.2, -0.15) is 5.26 Å². The van der Waals surface area contributed by atoms with Gasteiger partial charge in [0.1, 0.15) is 5.54 Å². The molecule has 1 atom stereocenters. The lowest BCUT2D eigenvalue weighted by atomic mass is 9.92. The molecule has 102 valence electrons. The van der Waals surface area contributed by atoms with Gasteiger partial charge in [0.2, 0.25) is 0 Å². The van der Waals surface area contributed by atoms with Gasteiger partial charge < -0.3 is 10.2 Å². The minimum atomic E-state index is -0.419. The Balaban J connectivity index is 2.10. The van der Waals surface area contributed by atoms with Gasteiger partial charge >= 0.3 is 0 Å². The molecule has 1 unspecified atom stereocenters. The summed E-state index contributed by atoms with van der Waals surface area (Å²) in [5, 5.41) is 13.0. The number of rotatable bonds is 3. The molecule has 0 aromatic heterocycles. The Morgan fingerprint density at radius 3 is 2.68 bits per heavy atom. The first-order valence-electron chi connectivity index (χ1n) is 6.85. The van der Waals surface area contributed by atoms with Gasteiger partial charge in [-0.15, -0.1) is 0 Å². The number of likely N-dealkylation sites (tertiary alicyclic amines) is 1. The van der Waals surface area contributed by atoms with E-state index < -0.39 is 5.54 Å². The van der Waals surface area contributed by atoms with Crippen LogP contribution in [0.3, 0.4) is 0 Å². The SMILES string of the molecule is CCN1CCCC(C#N)(Nc2ccc(Br)cc2)CC1. The van der Waals surface area contributed by atoms with Crippen molar-refractivity contribution in [3.63, 3.8) is 0 Å². The number of nitriles is 1. The second-order valence-corrected chi connectivity index (χ2v) is 6.03. The van der Waals surface area contributed by atoms with Crippen LogP contribution < -0.4 is 5.32 Å². The molecule has 1 aliphatic heterocycles. The first-order valence-corrected chi connectivity index (χ1v) is 7.64. The van der Waals surface area contributed by atoms with Crippen LogP contribution in [0.15, 0.2) is 28.7 Å². The van der Waals surface area contributed by atoms with Gasteiger partial charge in [0, 0.05) is 16.7 Å². The minimum Gasteiger partial charge on any atom is -0.367 e. The zero-order valence-electron chi connectivity index (χ0n) is 11.3. The molecule has 4 heteroatoms. The highest BCUT2D eigenvalue weighted by atomic mass is 79.9. The van der Waals surface area contributed by atoms with E-state index in [0.717, 1.165) is 49.1 Å². The van der Waals surface area contributed by atoms with Crippen LogP contribution >= 0.6 is 15.9 Å². The van der Waals surface area contributed by atoms with Gasteiger partial charge in [0.05, 0.1) is 6.07 Å². The Hall–Kier alpha value is -1.05. The molecule has 19 heavy (non-hydrogen) atoms. The monoisotopic (exact) mass is 321 g/mol. The van der Waals surface area contributed by atoms with Crippen LogP contribution in [0.4, 0.5) is 5.69 Å². The number of nitrogens with one attached hydrogen (secondary N) is 1. The van der Waals surface area contributed by atoms with E-state index in [-0.39, 0.29) is 0 Å². The molecule has 1 fully saturated rings. The molecule has 0 bridgehead atoms. The number of hydrogen-bond donors (Lipinski definition) is 1. The second kappa shape index (κ2) is 6.40. The average molecular weight is 322 g/mol. The number of anilines is 1. The Kier molecular flexibility index (Phi) is 4.84. The van der Waals surface area contributed by atoms with Gasteiger partial charge in [-0.1, -0.05) is 22.9 Å². The van der Waals surface area contributed by atoms with Crippen molar-refractivity contribution in [2.24, 2.45) is 0 Å². The summed E-state index contributed by atoms with van der Waals surface area (Å²) < 4.78 is 1.06. The summed E-state index contributed by atoms with van der Waals surface area (Å²) >= 11 is 3.43. The second-order valence-electron chi connectivity index (χ2n) is 5.11. The van der Waals surface area contributed by atoms with Gasteiger partial charge in [-0.3, -0.25) is 0 Å². The summed E-state index contributed by atoms with van der Waals surface area (Å²) in [5.41, 5.74) is 0.604. The molecule has 0 radical (unpaired) electrons. The van der Waals surface area contributed by atoms with Gasteiger partial charge in [-0.05, 0) is 56.6 Å². The van der Waals surface area contributed by atoms with Crippen molar-refractivity contribution in [3.05, 3.63) is 28.7 Å². The maximum absolute atomic E-state index is 9.60. The first-order chi connectivity index (χ1) is 9.17. The van der Waals surface area contributed by atoms with Crippen molar-refractivity contribution < 1.29 is 0 Å². The van der Waals surface area contributed by atoms with Crippen molar-refractivity contribution in [1.82, 2.24) is 4.90 Å². The molecular weight excluding hydrogens is 302 g/mol. The highest BCUT2D eigenvalue weighted by Gasteiger charge is 2.32. The maximum atomic E-state index is 9.60. The van der Waals surface area contributed by atoms with E-state index in [1.807, 2.05) is 24.3 Å². The summed E-state index contributed by atoms with van der Waals surface area (Å²) in [6, 6.07) is 10.6. The van der Waals surface area contributed by atoms with Crippen LogP contribution in [-0.2, 0) is 0 Å². The molecule has 0 saturated carbocycles. The highest BCUT2D eigenvalue weighted by molar-refractivity contribution is 9.10. The van der Waals surface area contributed by atoms with Crippen molar-refractivity contribution in [1.29, 1.82) is 5.26 Å². The Morgan fingerprint density at radius 1 is 1.32 bits per heavy atom. The average Bonchev–Trinajstić information content (AvgIpc) is 2.64. The van der Waals surface area contributed by atoms with Crippen molar-refractivity contribution in [2.75, 3.05) is 25.0 Å². The van der Waals surface area contributed by atoms with Crippen molar-refractivity contribution in [3.8, 4) is 6.07 Å². The third-order valence-corrected chi connectivity index (χ3v) is 4.35. The number of halogens is 1. The summed E-state index contributed by atoms with van der Waals surface area (Å²) in [7, 11) is 0. The summed E-state index contributed by atoms with van der Waals surface area (Å²) in [6.45, 7) is 5.34. The molecule has 0 aliphatic carbocycles. The molecule has 3 nitrogen and oxygen atoms in total. The molecule has 0 amide bonds. The van der Waals surface area contributed by atoms with E-state index in [2.05, 4.69) is 39.1 Å². The molecule has 1 N–H and O–H groups in total. The standard InChI is InChI=1S/C15H20BrN3/c1-2-19-10-3-8-15(12-17,9-11-19)18-14-6-4-13(16)5-7-14/h4-7,18H,2-3,8-11H2,1H3. The molecule has 1 saturated heterocycles. The molecule has 2 rings (SSSR count). The summed E-state index contributed by atoms with van der Waals surface area (Å²) in [4.78, 5) is 2.42. The zero-order valence-corrected chi connectivity index (χ0v) is 12.9. The number of hydrogen-bond acceptors (Lipinski definition) is 3. The molecular formula is C15H20BrN3. The molecule has 1 aromatic carbocycles. The Labute approximate surface area is 123 Å². The predicted octanol–water partition coefficient (Wildman–Crippen LogP) is 3.63. The fourth-order valence-corrected chi connectivity index (χ4v) is 2.85. The molecule has 1 aromatic rings. The van der Waals surface area contributed by atoms with E-state index in [1.54, 1.807) is 0 Å². The van der Waals surface area contributed by atoms with E-state index in [1.165, 1.54) is 0 Å². The quantitative estimate of drug-likeness (QED) is 0.924. The summed E-state index contributed by atoms with van der Waals surface area (Å²) in [5.74, 6) is 0. The first kappa shape index (κ1) is 14.4. The van der Waals surface area contributed by atoms with Crippen LogP contribution in [0.25, 0.3) is 0 Å². The fraction of sp³-hybridized carbons (Fsp3) is 0.533. The van der Waals surface area contributed by atoms with Crippen LogP contribution in [0.1, 0.15) is 26.2 Å². The van der Waals surface area contributed by atoms with Crippen molar-refractivity contribution in [2.45, 2.75) is 31.7 Å². The minimum absolute atomic E-state index is 0.419. The topological polar surface area (TPSA) is 39.1 Å². The third-order valence-electron chi connectivity index (χ3n) is 3.82. The lowest BCUT2D eigenvalue weighted by Gasteiger charge is -2.27. The van der Waals surface area contributed by atoms with Crippen molar-refractivity contribution >= 4 is 21.6 Å². The van der Waals surface area contributed by atoms with Gasteiger partial charge in [0.25, 0.3) is 0 Å². The third kappa shape index (κ3) is 3.71. The zero-order chi connectivity index (χ0) is 13.7. The van der Waals surface area contributed by atoms with E-state index in [9.17, 15) is 5.26 Å². The Morgan fingerprint density at radius 2 is 2.05 bits per heavy atom. The summed E-state index contributed by atoms with van der Waals surface area (Å²) in [6.07, 6.45) is 2.87. The highest BCUT2D eigenvalue weighted by Crippen LogP contribution is 2.27. The fourth-order valence-electron chi connectivity index (χ4n) is 2.58. The lowest BCUT2D eigenvalue weighted by molar-refractivity contribution is 0.297. The maximum Gasteiger partial charge on any atom is 0.126 e. The Bertz CT molecular complexity index is 451. The molecule has 1 aliphatic rings. The van der Waals surface area contributed by atoms with Crippen LogP contribution in [0, 0.1) is 11.3 Å². The number of nitrogens with zero attached hydrogens (tertiary/aromatic N) is 2. The van der Waals surface area contributed by atoms with E-state index in [4.69, 9.17) is 0 Å².